The average molecular weight is 384 g/mol. The number of nitrogens with one attached hydrogen (secondary N) is 2. The zero-order valence-electron chi connectivity index (χ0n) is 16.8. The first-order chi connectivity index (χ1) is 13.7. The minimum Gasteiger partial charge on any atom is -0.497 e. The van der Waals surface area contributed by atoms with Gasteiger partial charge < -0.3 is 19.7 Å². The molecule has 2 N–H and O–H groups in total. The number of quaternary nitrogens is 1. The van der Waals surface area contributed by atoms with Crippen molar-refractivity contribution in [2.75, 3.05) is 40.0 Å². The second kappa shape index (κ2) is 10.2. The van der Waals surface area contributed by atoms with Gasteiger partial charge in [-0.15, -0.1) is 0 Å². The number of morpholine rings is 1. The van der Waals surface area contributed by atoms with E-state index in [2.05, 4.69) is 36.5 Å². The lowest BCUT2D eigenvalue weighted by Gasteiger charge is -2.32. The molecule has 1 aliphatic rings. The molecule has 2 aromatic carbocycles. The molecule has 0 unspecified atom stereocenters. The first kappa shape index (κ1) is 20.4. The molecule has 0 aliphatic carbocycles. The highest BCUT2D eigenvalue weighted by atomic mass is 16.5. The highest BCUT2D eigenvalue weighted by molar-refractivity contribution is 5.76. The molecule has 28 heavy (non-hydrogen) atoms. The first-order valence-electron chi connectivity index (χ1n) is 10.0. The van der Waals surface area contributed by atoms with E-state index in [-0.39, 0.29) is 17.9 Å². The monoisotopic (exact) mass is 383 g/mol. The number of benzene rings is 2. The number of rotatable bonds is 8. The van der Waals surface area contributed by atoms with E-state index in [1.54, 1.807) is 7.11 Å². The van der Waals surface area contributed by atoms with Crippen LogP contribution >= 0.6 is 0 Å². The zero-order chi connectivity index (χ0) is 19.8. The van der Waals surface area contributed by atoms with Crippen LogP contribution in [0.1, 0.15) is 36.4 Å². The normalized spacial score (nSPS) is 16.9. The summed E-state index contributed by atoms with van der Waals surface area (Å²) in [6.07, 6.45) is 0.498. The SMILES string of the molecule is COc1ccc([C@H](CNC(=O)C[C@@H](C)c2ccccc2)[NH+]2CCOCC2)cc1. The number of hydrogen-bond donors (Lipinski definition) is 2. The topological polar surface area (TPSA) is 52.0 Å². The fourth-order valence-electron chi connectivity index (χ4n) is 3.78. The van der Waals surface area contributed by atoms with Gasteiger partial charge in [-0.25, -0.2) is 0 Å². The van der Waals surface area contributed by atoms with Crippen LogP contribution < -0.4 is 15.0 Å². The fourth-order valence-corrected chi connectivity index (χ4v) is 3.78. The Kier molecular flexibility index (Phi) is 7.46. The van der Waals surface area contributed by atoms with Crippen LogP contribution in [0.3, 0.4) is 0 Å². The summed E-state index contributed by atoms with van der Waals surface area (Å²) in [4.78, 5) is 14.0. The van der Waals surface area contributed by atoms with Gasteiger partial charge in [0.25, 0.3) is 0 Å². The third kappa shape index (κ3) is 5.57. The van der Waals surface area contributed by atoms with Gasteiger partial charge in [-0.1, -0.05) is 37.3 Å². The van der Waals surface area contributed by atoms with Gasteiger partial charge in [0.05, 0.1) is 26.9 Å². The Hall–Kier alpha value is -2.37. The van der Waals surface area contributed by atoms with E-state index in [1.807, 2.05) is 30.3 Å². The molecule has 0 aromatic heterocycles. The van der Waals surface area contributed by atoms with Crippen molar-refractivity contribution >= 4 is 5.91 Å². The molecule has 1 amide bonds. The summed E-state index contributed by atoms with van der Waals surface area (Å²) < 4.78 is 10.8. The number of methoxy groups -OCH3 is 1. The summed E-state index contributed by atoms with van der Waals surface area (Å²) in [6, 6.07) is 18.6. The van der Waals surface area contributed by atoms with Crippen LogP contribution in [0.15, 0.2) is 54.6 Å². The van der Waals surface area contributed by atoms with Crippen LogP contribution in [-0.2, 0) is 9.53 Å². The van der Waals surface area contributed by atoms with Gasteiger partial charge in [-0.2, -0.15) is 0 Å². The standard InChI is InChI=1S/C23H30N2O3/c1-18(19-6-4-3-5-7-19)16-23(26)24-17-22(25-12-14-28-15-13-25)20-8-10-21(27-2)11-9-20/h3-11,18,22H,12-17H2,1-2H3,(H,24,26)/p+1/t18-,22+/m1/s1. The number of amides is 1. The Labute approximate surface area is 167 Å². The molecule has 5 heteroatoms. The van der Waals surface area contributed by atoms with Crippen molar-refractivity contribution in [1.82, 2.24) is 5.32 Å². The van der Waals surface area contributed by atoms with Crippen LogP contribution in [-0.4, -0.2) is 45.9 Å². The summed E-state index contributed by atoms with van der Waals surface area (Å²) in [5.74, 6) is 1.15. The first-order valence-corrected chi connectivity index (χ1v) is 10.0. The average Bonchev–Trinajstić information content (AvgIpc) is 2.75. The van der Waals surface area contributed by atoms with Crippen molar-refractivity contribution in [3.8, 4) is 5.75 Å². The molecule has 2 aromatic rings. The van der Waals surface area contributed by atoms with E-state index in [4.69, 9.17) is 9.47 Å². The lowest BCUT2D eigenvalue weighted by Crippen LogP contribution is -3.15. The van der Waals surface area contributed by atoms with Gasteiger partial charge in [0.2, 0.25) is 5.91 Å². The Bertz CT molecular complexity index is 727. The van der Waals surface area contributed by atoms with Crippen molar-refractivity contribution in [3.05, 3.63) is 65.7 Å². The third-order valence-electron chi connectivity index (χ3n) is 5.51. The van der Waals surface area contributed by atoms with E-state index < -0.39 is 0 Å². The molecule has 1 fully saturated rings. The maximum atomic E-state index is 12.6. The van der Waals surface area contributed by atoms with E-state index >= 15 is 0 Å². The fraction of sp³-hybridized carbons (Fsp3) is 0.435. The zero-order valence-corrected chi connectivity index (χ0v) is 16.8. The van der Waals surface area contributed by atoms with Gasteiger partial charge in [0.1, 0.15) is 24.9 Å². The lowest BCUT2D eigenvalue weighted by atomic mass is 9.97. The molecule has 0 bridgehead atoms. The largest absolute Gasteiger partial charge is 0.497 e. The van der Waals surface area contributed by atoms with E-state index in [0.29, 0.717) is 13.0 Å². The van der Waals surface area contributed by atoms with Gasteiger partial charge >= 0.3 is 0 Å². The minimum absolute atomic E-state index is 0.0996. The molecule has 0 radical (unpaired) electrons. The smallest absolute Gasteiger partial charge is 0.220 e. The molecule has 1 aliphatic heterocycles. The Morgan fingerprint density at radius 2 is 1.75 bits per heavy atom. The van der Waals surface area contributed by atoms with Gasteiger partial charge in [0.15, 0.2) is 0 Å². The van der Waals surface area contributed by atoms with Crippen molar-refractivity contribution in [1.29, 1.82) is 0 Å². The summed E-state index contributed by atoms with van der Waals surface area (Å²) in [5, 5.41) is 3.18. The van der Waals surface area contributed by atoms with Crippen molar-refractivity contribution in [2.24, 2.45) is 0 Å². The number of hydrogen-bond acceptors (Lipinski definition) is 3. The third-order valence-corrected chi connectivity index (χ3v) is 5.51. The predicted molar refractivity (Wildman–Crippen MR) is 110 cm³/mol. The van der Waals surface area contributed by atoms with Crippen molar-refractivity contribution in [3.63, 3.8) is 0 Å². The Morgan fingerprint density at radius 3 is 2.39 bits per heavy atom. The van der Waals surface area contributed by atoms with Crippen LogP contribution in [0.25, 0.3) is 0 Å². The molecule has 0 spiro atoms. The summed E-state index contributed by atoms with van der Waals surface area (Å²) in [7, 11) is 1.67. The van der Waals surface area contributed by atoms with Crippen LogP contribution in [0, 0.1) is 0 Å². The van der Waals surface area contributed by atoms with Gasteiger partial charge in [0, 0.05) is 12.0 Å². The molecule has 2 atom stereocenters. The maximum Gasteiger partial charge on any atom is 0.220 e. The molecule has 5 nitrogen and oxygen atoms in total. The molecule has 0 saturated carbocycles. The second-order valence-corrected chi connectivity index (χ2v) is 7.42. The van der Waals surface area contributed by atoms with E-state index in [1.165, 1.54) is 16.0 Å². The number of carbonyl (C=O) groups excluding carboxylic acids is 1. The van der Waals surface area contributed by atoms with Crippen LogP contribution in [0.5, 0.6) is 5.75 Å². The Balaban J connectivity index is 1.62. The highest BCUT2D eigenvalue weighted by Gasteiger charge is 2.27. The predicted octanol–water partition coefficient (Wildman–Crippen LogP) is 1.96. The van der Waals surface area contributed by atoms with E-state index in [9.17, 15) is 4.79 Å². The molecule has 3 rings (SSSR count). The second-order valence-electron chi connectivity index (χ2n) is 7.42. The van der Waals surface area contributed by atoms with Crippen LogP contribution in [0.4, 0.5) is 0 Å². The number of ether oxygens (including phenoxy) is 2. The van der Waals surface area contributed by atoms with Crippen molar-refractivity contribution in [2.45, 2.75) is 25.3 Å². The lowest BCUT2D eigenvalue weighted by molar-refractivity contribution is -0.937. The molecule has 150 valence electrons. The van der Waals surface area contributed by atoms with Crippen molar-refractivity contribution < 1.29 is 19.2 Å². The summed E-state index contributed by atoms with van der Waals surface area (Å²) in [6.45, 7) is 6.16. The number of carbonyl (C=O) groups is 1. The molecule has 1 heterocycles. The maximum absolute atomic E-state index is 12.6. The van der Waals surface area contributed by atoms with Gasteiger partial charge in [-0.3, -0.25) is 4.79 Å². The molecular formula is C23H31N2O3+. The van der Waals surface area contributed by atoms with Crippen LogP contribution in [0.2, 0.25) is 0 Å². The van der Waals surface area contributed by atoms with Gasteiger partial charge in [-0.05, 0) is 35.7 Å². The quantitative estimate of drug-likeness (QED) is 0.733. The van der Waals surface area contributed by atoms with E-state index in [0.717, 1.165) is 32.1 Å². The minimum atomic E-state index is 0.0996. The molecule has 1 saturated heterocycles. The summed E-state index contributed by atoms with van der Waals surface area (Å²) >= 11 is 0. The Morgan fingerprint density at radius 1 is 1.07 bits per heavy atom. The molecular weight excluding hydrogens is 352 g/mol. The highest BCUT2D eigenvalue weighted by Crippen LogP contribution is 2.19. The summed E-state index contributed by atoms with van der Waals surface area (Å²) in [5.41, 5.74) is 2.41.